The number of halogens is 1. The van der Waals surface area contributed by atoms with E-state index in [1.807, 2.05) is 30.3 Å². The highest BCUT2D eigenvalue weighted by molar-refractivity contribution is 7.19. The summed E-state index contributed by atoms with van der Waals surface area (Å²) in [5, 5.41) is 5.01. The number of ether oxygens (including phenoxy) is 1. The van der Waals surface area contributed by atoms with Crippen LogP contribution < -0.4 is 10.1 Å². The Balaban J connectivity index is 1.91. The normalized spacial score (nSPS) is 10.9. The third-order valence-electron chi connectivity index (χ3n) is 4.14. The first kappa shape index (κ1) is 16.8. The third-order valence-corrected chi connectivity index (χ3v) is 5.39. The number of rotatable bonds is 4. The molecule has 4 aromatic rings. The number of anilines is 2. The Morgan fingerprint density at radius 3 is 2.65 bits per heavy atom. The standard InChI is InChI=1S/C20H16ClN3OS/c1-12-17(13-6-4-3-5-7-13)18-19(22-11-23-20(18)26-12)24-15-10-14(21)8-9-16(15)25-2/h3-11H,1-2H3,(H,22,23,24). The van der Waals surface area contributed by atoms with Crippen LogP contribution in [0.5, 0.6) is 5.75 Å². The van der Waals surface area contributed by atoms with Gasteiger partial charge in [-0.2, -0.15) is 0 Å². The SMILES string of the molecule is COc1ccc(Cl)cc1Nc1ncnc2sc(C)c(-c3ccccc3)c12. The molecule has 130 valence electrons. The molecule has 26 heavy (non-hydrogen) atoms. The van der Waals surface area contributed by atoms with Crippen LogP contribution >= 0.6 is 22.9 Å². The van der Waals surface area contributed by atoms with Crippen molar-refractivity contribution in [1.29, 1.82) is 0 Å². The van der Waals surface area contributed by atoms with Crippen LogP contribution in [0.25, 0.3) is 21.3 Å². The maximum Gasteiger partial charge on any atom is 0.143 e. The van der Waals surface area contributed by atoms with E-state index < -0.39 is 0 Å². The molecule has 0 fully saturated rings. The average molecular weight is 382 g/mol. The highest BCUT2D eigenvalue weighted by Crippen LogP contribution is 2.41. The number of nitrogens with zero attached hydrogens (tertiary/aromatic N) is 2. The Hall–Kier alpha value is -2.63. The first-order valence-corrected chi connectivity index (χ1v) is 9.27. The molecule has 2 aromatic carbocycles. The highest BCUT2D eigenvalue weighted by Gasteiger charge is 2.17. The zero-order valence-corrected chi connectivity index (χ0v) is 15.9. The number of hydrogen-bond acceptors (Lipinski definition) is 5. The summed E-state index contributed by atoms with van der Waals surface area (Å²) in [5.41, 5.74) is 3.06. The molecule has 0 unspecified atom stereocenters. The summed E-state index contributed by atoms with van der Waals surface area (Å²) in [6, 6.07) is 15.8. The fourth-order valence-electron chi connectivity index (χ4n) is 3.00. The van der Waals surface area contributed by atoms with E-state index in [0.717, 1.165) is 32.8 Å². The zero-order valence-electron chi connectivity index (χ0n) is 14.3. The van der Waals surface area contributed by atoms with E-state index in [9.17, 15) is 0 Å². The van der Waals surface area contributed by atoms with E-state index in [2.05, 4.69) is 34.3 Å². The van der Waals surface area contributed by atoms with E-state index in [4.69, 9.17) is 16.3 Å². The van der Waals surface area contributed by atoms with Crippen molar-refractivity contribution in [3.05, 3.63) is 64.8 Å². The van der Waals surface area contributed by atoms with E-state index in [-0.39, 0.29) is 0 Å². The average Bonchev–Trinajstić information content (AvgIpc) is 2.99. The molecule has 0 aliphatic heterocycles. The molecule has 0 saturated heterocycles. The van der Waals surface area contributed by atoms with Crippen molar-refractivity contribution < 1.29 is 4.74 Å². The van der Waals surface area contributed by atoms with E-state index in [0.29, 0.717) is 10.8 Å². The monoisotopic (exact) mass is 381 g/mol. The van der Waals surface area contributed by atoms with Crippen molar-refractivity contribution in [2.45, 2.75) is 6.92 Å². The maximum atomic E-state index is 6.16. The molecule has 4 rings (SSSR count). The predicted molar refractivity (Wildman–Crippen MR) is 109 cm³/mol. The Bertz CT molecular complexity index is 1080. The van der Waals surface area contributed by atoms with Gasteiger partial charge in [0.05, 0.1) is 18.2 Å². The van der Waals surface area contributed by atoms with Crippen LogP contribution in [0.2, 0.25) is 5.02 Å². The number of nitrogens with one attached hydrogen (secondary N) is 1. The van der Waals surface area contributed by atoms with Crippen molar-refractivity contribution in [2.24, 2.45) is 0 Å². The summed E-state index contributed by atoms with van der Waals surface area (Å²) in [5.74, 6) is 1.44. The second-order valence-electron chi connectivity index (χ2n) is 5.77. The molecule has 0 spiro atoms. The lowest BCUT2D eigenvalue weighted by atomic mass is 10.0. The molecule has 1 N–H and O–H groups in total. The first-order valence-electron chi connectivity index (χ1n) is 8.07. The summed E-state index contributed by atoms with van der Waals surface area (Å²) in [6.45, 7) is 2.11. The topological polar surface area (TPSA) is 47.0 Å². The zero-order chi connectivity index (χ0) is 18.1. The summed E-state index contributed by atoms with van der Waals surface area (Å²) in [7, 11) is 1.63. The summed E-state index contributed by atoms with van der Waals surface area (Å²) in [4.78, 5) is 11.1. The van der Waals surface area contributed by atoms with Gasteiger partial charge < -0.3 is 10.1 Å². The van der Waals surface area contributed by atoms with Crippen LogP contribution in [0.1, 0.15) is 4.88 Å². The largest absolute Gasteiger partial charge is 0.495 e. The molecule has 2 aromatic heterocycles. The lowest BCUT2D eigenvalue weighted by Gasteiger charge is -2.12. The van der Waals surface area contributed by atoms with Gasteiger partial charge in [-0.05, 0) is 30.7 Å². The van der Waals surface area contributed by atoms with Crippen molar-refractivity contribution in [3.8, 4) is 16.9 Å². The van der Waals surface area contributed by atoms with Gasteiger partial charge in [0.1, 0.15) is 22.7 Å². The Morgan fingerprint density at radius 1 is 1.08 bits per heavy atom. The molecule has 0 radical (unpaired) electrons. The molecular formula is C20H16ClN3OS. The second-order valence-corrected chi connectivity index (χ2v) is 7.41. The predicted octanol–water partition coefficient (Wildman–Crippen LogP) is 6.07. The van der Waals surface area contributed by atoms with Crippen LogP contribution in [0, 0.1) is 6.92 Å². The van der Waals surface area contributed by atoms with Gasteiger partial charge in [0.15, 0.2) is 0 Å². The highest BCUT2D eigenvalue weighted by atomic mass is 35.5. The lowest BCUT2D eigenvalue weighted by molar-refractivity contribution is 0.417. The molecular weight excluding hydrogens is 366 g/mol. The van der Waals surface area contributed by atoms with Crippen LogP contribution in [-0.2, 0) is 0 Å². The van der Waals surface area contributed by atoms with Gasteiger partial charge in [0, 0.05) is 15.5 Å². The van der Waals surface area contributed by atoms with Crippen LogP contribution in [0.4, 0.5) is 11.5 Å². The van der Waals surface area contributed by atoms with Crippen LogP contribution in [0.3, 0.4) is 0 Å². The number of aromatic nitrogens is 2. The maximum absolute atomic E-state index is 6.16. The number of aryl methyl sites for hydroxylation is 1. The molecule has 0 aliphatic rings. The smallest absolute Gasteiger partial charge is 0.143 e. The molecule has 4 nitrogen and oxygen atoms in total. The van der Waals surface area contributed by atoms with Gasteiger partial charge in [-0.15, -0.1) is 11.3 Å². The summed E-state index contributed by atoms with van der Waals surface area (Å²) >= 11 is 7.83. The lowest BCUT2D eigenvalue weighted by Crippen LogP contribution is -1.98. The number of hydrogen-bond donors (Lipinski definition) is 1. The summed E-state index contributed by atoms with van der Waals surface area (Å²) < 4.78 is 5.44. The van der Waals surface area contributed by atoms with Gasteiger partial charge in [-0.25, -0.2) is 9.97 Å². The van der Waals surface area contributed by atoms with Crippen LogP contribution in [-0.4, -0.2) is 17.1 Å². The Morgan fingerprint density at radius 2 is 1.88 bits per heavy atom. The quantitative estimate of drug-likeness (QED) is 0.466. The number of fused-ring (bicyclic) bond motifs is 1. The molecule has 0 amide bonds. The Labute approximate surface area is 160 Å². The fraction of sp³-hybridized carbons (Fsp3) is 0.100. The minimum atomic E-state index is 0.628. The number of methoxy groups -OCH3 is 1. The molecule has 0 saturated carbocycles. The van der Waals surface area contributed by atoms with Gasteiger partial charge in [-0.1, -0.05) is 41.9 Å². The molecule has 0 atom stereocenters. The van der Waals surface area contributed by atoms with Crippen molar-refractivity contribution >= 4 is 44.7 Å². The van der Waals surface area contributed by atoms with Crippen molar-refractivity contribution in [3.63, 3.8) is 0 Å². The first-order chi connectivity index (χ1) is 12.7. The number of thiophene rings is 1. The van der Waals surface area contributed by atoms with Gasteiger partial charge in [-0.3, -0.25) is 0 Å². The molecule has 6 heteroatoms. The van der Waals surface area contributed by atoms with Crippen molar-refractivity contribution in [1.82, 2.24) is 9.97 Å². The summed E-state index contributed by atoms with van der Waals surface area (Å²) in [6.07, 6.45) is 1.58. The van der Waals surface area contributed by atoms with Gasteiger partial charge in [0.2, 0.25) is 0 Å². The fourth-order valence-corrected chi connectivity index (χ4v) is 4.18. The van der Waals surface area contributed by atoms with Gasteiger partial charge in [0.25, 0.3) is 0 Å². The molecule has 0 bridgehead atoms. The van der Waals surface area contributed by atoms with E-state index in [1.165, 1.54) is 4.88 Å². The minimum absolute atomic E-state index is 0.628. The van der Waals surface area contributed by atoms with Crippen molar-refractivity contribution in [2.75, 3.05) is 12.4 Å². The molecule has 2 heterocycles. The number of benzene rings is 2. The molecule has 0 aliphatic carbocycles. The second kappa shape index (κ2) is 6.94. The van der Waals surface area contributed by atoms with Gasteiger partial charge >= 0.3 is 0 Å². The van der Waals surface area contributed by atoms with E-state index >= 15 is 0 Å². The van der Waals surface area contributed by atoms with E-state index in [1.54, 1.807) is 30.8 Å². The minimum Gasteiger partial charge on any atom is -0.495 e. The third kappa shape index (κ3) is 3.00. The Kier molecular flexibility index (Phi) is 4.49. The van der Waals surface area contributed by atoms with Crippen LogP contribution in [0.15, 0.2) is 54.9 Å².